The third-order valence-electron chi connectivity index (χ3n) is 2.12. The molecule has 1 aliphatic heterocycles. The van der Waals surface area contributed by atoms with E-state index in [1.165, 1.54) is 6.42 Å². The van der Waals surface area contributed by atoms with Crippen LogP contribution in [0.2, 0.25) is 0 Å². The first-order valence-corrected chi connectivity index (χ1v) is 3.16. The van der Waals surface area contributed by atoms with E-state index in [4.69, 9.17) is 4.74 Å². The molecule has 0 aromatic rings. The van der Waals surface area contributed by atoms with Crippen molar-refractivity contribution in [1.29, 1.82) is 0 Å². The molecule has 1 aliphatic carbocycles. The van der Waals surface area contributed by atoms with E-state index in [-0.39, 0.29) is 0 Å². The van der Waals surface area contributed by atoms with Gasteiger partial charge in [0.25, 0.3) is 0 Å². The molecule has 0 saturated carbocycles. The summed E-state index contributed by atoms with van der Waals surface area (Å²) in [6.07, 6.45) is 3.99. The highest BCUT2D eigenvalue weighted by atomic mass is 16.5. The van der Waals surface area contributed by atoms with Crippen molar-refractivity contribution >= 4 is 0 Å². The van der Waals surface area contributed by atoms with E-state index in [9.17, 15) is 0 Å². The second kappa shape index (κ2) is 1.35. The van der Waals surface area contributed by atoms with Crippen molar-refractivity contribution in [2.24, 2.45) is 5.92 Å². The molecule has 1 fully saturated rings. The zero-order valence-corrected chi connectivity index (χ0v) is 5.05. The van der Waals surface area contributed by atoms with Crippen LogP contribution in [-0.4, -0.2) is 12.7 Å². The first-order valence-electron chi connectivity index (χ1n) is 3.16. The lowest BCUT2D eigenvalue weighted by atomic mass is 10.1. The van der Waals surface area contributed by atoms with E-state index >= 15 is 0 Å². The van der Waals surface area contributed by atoms with E-state index in [1.807, 2.05) is 0 Å². The van der Waals surface area contributed by atoms with Gasteiger partial charge in [-0.25, -0.2) is 0 Å². The van der Waals surface area contributed by atoms with Crippen LogP contribution in [0.1, 0.15) is 13.3 Å². The highest BCUT2D eigenvalue weighted by Gasteiger charge is 2.30. The lowest BCUT2D eigenvalue weighted by molar-refractivity contribution is 0.133. The Morgan fingerprint density at radius 1 is 1.75 bits per heavy atom. The Hall–Kier alpha value is -0.300. The SMILES string of the molecule is CC1=CC2CC1CO2. The monoisotopic (exact) mass is 110 g/mol. The fraction of sp³-hybridized carbons (Fsp3) is 0.714. The molecule has 0 aromatic heterocycles. The summed E-state index contributed by atoms with van der Waals surface area (Å²) in [7, 11) is 0. The predicted molar refractivity (Wildman–Crippen MR) is 31.6 cm³/mol. The van der Waals surface area contributed by atoms with Gasteiger partial charge >= 0.3 is 0 Å². The fourth-order valence-electron chi connectivity index (χ4n) is 1.52. The number of hydrogen-bond acceptors (Lipinski definition) is 1. The summed E-state index contributed by atoms with van der Waals surface area (Å²) >= 11 is 0. The maximum atomic E-state index is 5.35. The van der Waals surface area contributed by atoms with E-state index in [0.29, 0.717) is 6.10 Å². The first kappa shape index (κ1) is 4.57. The van der Waals surface area contributed by atoms with Crippen LogP contribution in [-0.2, 0) is 4.74 Å². The van der Waals surface area contributed by atoms with Gasteiger partial charge in [-0.05, 0) is 13.3 Å². The standard InChI is InChI=1S/C7H10O/c1-5-2-7-3-6(5)4-8-7/h2,6-7H,3-4H2,1H3. The third-order valence-corrected chi connectivity index (χ3v) is 2.12. The van der Waals surface area contributed by atoms with Crippen LogP contribution in [0.3, 0.4) is 0 Å². The van der Waals surface area contributed by atoms with Crippen LogP contribution in [0.5, 0.6) is 0 Å². The minimum Gasteiger partial charge on any atom is -0.374 e. The lowest BCUT2D eigenvalue weighted by Gasteiger charge is -2.07. The molecule has 2 unspecified atom stereocenters. The molecule has 0 radical (unpaired) electrons. The largest absolute Gasteiger partial charge is 0.374 e. The molecular weight excluding hydrogens is 100 g/mol. The van der Waals surface area contributed by atoms with E-state index in [2.05, 4.69) is 13.0 Å². The minimum absolute atomic E-state index is 0.486. The number of ether oxygens (including phenoxy) is 1. The molecule has 0 amide bonds. The van der Waals surface area contributed by atoms with Gasteiger partial charge < -0.3 is 4.74 Å². The number of fused-ring (bicyclic) bond motifs is 2. The molecule has 2 rings (SSSR count). The Morgan fingerprint density at radius 2 is 2.62 bits per heavy atom. The van der Waals surface area contributed by atoms with Crippen molar-refractivity contribution in [2.45, 2.75) is 19.4 Å². The average Bonchev–Trinajstić information content (AvgIpc) is 2.23. The summed E-state index contributed by atoms with van der Waals surface area (Å²) in [5.41, 5.74) is 1.54. The van der Waals surface area contributed by atoms with E-state index in [0.717, 1.165) is 12.5 Å². The molecule has 1 heteroatoms. The predicted octanol–water partition coefficient (Wildman–Crippen LogP) is 1.35. The van der Waals surface area contributed by atoms with Gasteiger partial charge in [-0.15, -0.1) is 0 Å². The molecule has 0 spiro atoms. The van der Waals surface area contributed by atoms with Gasteiger partial charge in [0.1, 0.15) is 0 Å². The van der Waals surface area contributed by atoms with Crippen molar-refractivity contribution in [3.8, 4) is 0 Å². The van der Waals surface area contributed by atoms with Crippen LogP contribution in [0.4, 0.5) is 0 Å². The Morgan fingerprint density at radius 3 is 2.88 bits per heavy atom. The average molecular weight is 110 g/mol. The zero-order chi connectivity index (χ0) is 5.56. The maximum Gasteiger partial charge on any atom is 0.0765 e. The molecule has 2 bridgehead atoms. The van der Waals surface area contributed by atoms with Crippen molar-refractivity contribution in [3.63, 3.8) is 0 Å². The first-order chi connectivity index (χ1) is 3.86. The highest BCUT2D eigenvalue weighted by Crippen LogP contribution is 2.33. The molecular formula is C7H10O. The van der Waals surface area contributed by atoms with Crippen molar-refractivity contribution in [3.05, 3.63) is 11.6 Å². The van der Waals surface area contributed by atoms with Gasteiger partial charge in [-0.3, -0.25) is 0 Å². The Kier molecular flexibility index (Phi) is 0.770. The molecule has 1 heterocycles. The summed E-state index contributed by atoms with van der Waals surface area (Å²) in [6, 6.07) is 0. The minimum atomic E-state index is 0.486. The normalized spacial score (nSPS) is 42.9. The summed E-state index contributed by atoms with van der Waals surface area (Å²) in [6.45, 7) is 3.18. The molecule has 44 valence electrons. The van der Waals surface area contributed by atoms with Crippen molar-refractivity contribution < 1.29 is 4.74 Å². The summed E-state index contributed by atoms with van der Waals surface area (Å²) in [5.74, 6) is 0.778. The van der Waals surface area contributed by atoms with Crippen molar-refractivity contribution in [1.82, 2.24) is 0 Å². The van der Waals surface area contributed by atoms with Gasteiger partial charge in [-0.2, -0.15) is 0 Å². The molecule has 8 heavy (non-hydrogen) atoms. The van der Waals surface area contributed by atoms with Gasteiger partial charge in [-0.1, -0.05) is 11.6 Å². The van der Waals surface area contributed by atoms with Gasteiger partial charge in [0.05, 0.1) is 12.7 Å². The van der Waals surface area contributed by atoms with Gasteiger partial charge in [0.15, 0.2) is 0 Å². The molecule has 0 N–H and O–H groups in total. The summed E-state index contributed by atoms with van der Waals surface area (Å²) < 4.78 is 5.35. The lowest BCUT2D eigenvalue weighted by Crippen LogP contribution is -2.03. The Bertz CT molecular complexity index is 137. The topological polar surface area (TPSA) is 9.23 Å². The molecule has 1 nitrogen and oxygen atoms in total. The molecule has 2 atom stereocenters. The van der Waals surface area contributed by atoms with Crippen LogP contribution in [0, 0.1) is 5.92 Å². The molecule has 2 aliphatic rings. The Labute approximate surface area is 49.3 Å². The third kappa shape index (κ3) is 0.451. The quantitative estimate of drug-likeness (QED) is 0.428. The second-order valence-electron chi connectivity index (χ2n) is 2.72. The van der Waals surface area contributed by atoms with Crippen LogP contribution < -0.4 is 0 Å². The zero-order valence-electron chi connectivity index (χ0n) is 5.05. The summed E-state index contributed by atoms with van der Waals surface area (Å²) in [4.78, 5) is 0. The number of hydrogen-bond donors (Lipinski definition) is 0. The smallest absolute Gasteiger partial charge is 0.0765 e. The fourth-order valence-corrected chi connectivity index (χ4v) is 1.52. The highest BCUT2D eigenvalue weighted by molar-refractivity contribution is 5.17. The number of rotatable bonds is 0. The maximum absolute atomic E-state index is 5.35. The van der Waals surface area contributed by atoms with Crippen LogP contribution >= 0.6 is 0 Å². The van der Waals surface area contributed by atoms with E-state index in [1.54, 1.807) is 5.57 Å². The Balaban J connectivity index is 2.29. The molecule has 0 aromatic carbocycles. The van der Waals surface area contributed by atoms with Crippen molar-refractivity contribution in [2.75, 3.05) is 6.61 Å². The van der Waals surface area contributed by atoms with Gasteiger partial charge in [0, 0.05) is 5.92 Å². The second-order valence-corrected chi connectivity index (χ2v) is 2.72. The molecule has 1 saturated heterocycles. The van der Waals surface area contributed by atoms with E-state index < -0.39 is 0 Å². The van der Waals surface area contributed by atoms with Gasteiger partial charge in [0.2, 0.25) is 0 Å². The van der Waals surface area contributed by atoms with Crippen LogP contribution in [0.25, 0.3) is 0 Å². The summed E-state index contributed by atoms with van der Waals surface area (Å²) in [5, 5.41) is 0. The van der Waals surface area contributed by atoms with Crippen LogP contribution in [0.15, 0.2) is 11.6 Å².